The second kappa shape index (κ2) is 5.85. The second-order valence-corrected chi connectivity index (χ2v) is 3.82. The van der Waals surface area contributed by atoms with E-state index in [0.29, 0.717) is 6.42 Å². The number of anilines is 1. The molecule has 2 aromatic rings. The van der Waals surface area contributed by atoms with Crippen LogP contribution in [0.5, 0.6) is 0 Å². The molecule has 0 atom stereocenters. The molecular formula is C15H14NO. The first kappa shape index (κ1) is 11.4. The van der Waals surface area contributed by atoms with E-state index in [-0.39, 0.29) is 5.91 Å². The minimum Gasteiger partial charge on any atom is -0.326 e. The lowest BCUT2D eigenvalue weighted by molar-refractivity contribution is -0.116. The van der Waals surface area contributed by atoms with Gasteiger partial charge in [0.25, 0.3) is 0 Å². The van der Waals surface area contributed by atoms with Crippen molar-refractivity contribution < 1.29 is 4.79 Å². The highest BCUT2D eigenvalue weighted by atomic mass is 16.1. The van der Waals surface area contributed by atoms with Crippen LogP contribution in [-0.4, -0.2) is 5.91 Å². The van der Waals surface area contributed by atoms with Crippen LogP contribution in [0.25, 0.3) is 0 Å². The van der Waals surface area contributed by atoms with Crippen LogP contribution in [0, 0.1) is 6.07 Å². The maximum Gasteiger partial charge on any atom is 0.224 e. The lowest BCUT2D eigenvalue weighted by atomic mass is 10.1. The van der Waals surface area contributed by atoms with Crippen LogP contribution in [0.3, 0.4) is 0 Å². The third-order valence-corrected chi connectivity index (χ3v) is 2.49. The summed E-state index contributed by atoms with van der Waals surface area (Å²) in [6, 6.07) is 20.2. The summed E-state index contributed by atoms with van der Waals surface area (Å²) in [4.78, 5) is 11.7. The van der Waals surface area contributed by atoms with Gasteiger partial charge in [0.15, 0.2) is 0 Å². The molecule has 0 aromatic heterocycles. The Kier molecular flexibility index (Phi) is 3.92. The highest BCUT2D eigenvalue weighted by molar-refractivity contribution is 5.90. The van der Waals surface area contributed by atoms with Gasteiger partial charge in [-0.15, -0.1) is 0 Å². The number of nitrogens with one attached hydrogen (secondary N) is 1. The number of rotatable bonds is 4. The van der Waals surface area contributed by atoms with Gasteiger partial charge in [0, 0.05) is 12.1 Å². The Labute approximate surface area is 101 Å². The molecule has 0 aliphatic heterocycles. The molecule has 2 nitrogen and oxygen atoms in total. The fourth-order valence-electron chi connectivity index (χ4n) is 1.60. The summed E-state index contributed by atoms with van der Waals surface area (Å²) in [5.74, 6) is 0.0417. The van der Waals surface area contributed by atoms with E-state index < -0.39 is 0 Å². The predicted octanol–water partition coefficient (Wildman–Crippen LogP) is 3.06. The smallest absolute Gasteiger partial charge is 0.224 e. The van der Waals surface area contributed by atoms with Crippen LogP contribution in [0.15, 0.2) is 54.6 Å². The number of benzene rings is 2. The number of aryl methyl sites for hydroxylation is 1. The van der Waals surface area contributed by atoms with Gasteiger partial charge in [-0.25, -0.2) is 0 Å². The lowest BCUT2D eigenvalue weighted by Crippen LogP contribution is -2.12. The molecule has 0 heterocycles. The first-order valence-corrected chi connectivity index (χ1v) is 5.64. The van der Waals surface area contributed by atoms with E-state index in [0.717, 1.165) is 12.1 Å². The monoisotopic (exact) mass is 224 g/mol. The quantitative estimate of drug-likeness (QED) is 0.849. The average Bonchev–Trinajstić information content (AvgIpc) is 2.39. The van der Waals surface area contributed by atoms with E-state index >= 15 is 0 Å². The predicted molar refractivity (Wildman–Crippen MR) is 68.7 cm³/mol. The molecule has 0 bridgehead atoms. The van der Waals surface area contributed by atoms with Crippen molar-refractivity contribution in [1.29, 1.82) is 0 Å². The Balaban J connectivity index is 1.83. The van der Waals surface area contributed by atoms with Crippen LogP contribution >= 0.6 is 0 Å². The van der Waals surface area contributed by atoms with Crippen molar-refractivity contribution in [2.24, 2.45) is 0 Å². The molecule has 0 fully saturated rings. The van der Waals surface area contributed by atoms with E-state index in [9.17, 15) is 4.79 Å². The van der Waals surface area contributed by atoms with Gasteiger partial charge in [-0.1, -0.05) is 42.5 Å². The first-order valence-electron chi connectivity index (χ1n) is 5.64. The number of carbonyl (C=O) groups excluding carboxylic acids is 1. The Morgan fingerprint density at radius 2 is 1.76 bits per heavy atom. The summed E-state index contributed by atoms with van der Waals surface area (Å²) in [5, 5.41) is 2.85. The van der Waals surface area contributed by atoms with Gasteiger partial charge in [0.1, 0.15) is 0 Å². The molecule has 1 radical (unpaired) electrons. The van der Waals surface area contributed by atoms with Crippen molar-refractivity contribution in [3.05, 3.63) is 66.2 Å². The largest absolute Gasteiger partial charge is 0.326 e. The summed E-state index contributed by atoms with van der Waals surface area (Å²) < 4.78 is 0. The Hall–Kier alpha value is -2.09. The molecule has 85 valence electrons. The highest BCUT2D eigenvalue weighted by Crippen LogP contribution is 2.07. The molecule has 2 aromatic carbocycles. The fourth-order valence-corrected chi connectivity index (χ4v) is 1.60. The zero-order valence-electron chi connectivity index (χ0n) is 9.52. The number of amides is 1. The Morgan fingerprint density at radius 1 is 1.06 bits per heavy atom. The molecule has 17 heavy (non-hydrogen) atoms. The van der Waals surface area contributed by atoms with Gasteiger partial charge >= 0.3 is 0 Å². The van der Waals surface area contributed by atoms with Crippen LogP contribution in [-0.2, 0) is 11.2 Å². The summed E-state index contributed by atoms with van der Waals surface area (Å²) in [7, 11) is 0. The molecular weight excluding hydrogens is 210 g/mol. The molecule has 0 aliphatic carbocycles. The molecule has 2 heteroatoms. The van der Waals surface area contributed by atoms with Crippen molar-refractivity contribution in [2.45, 2.75) is 12.8 Å². The minimum atomic E-state index is 0.0417. The zero-order chi connectivity index (χ0) is 11.9. The van der Waals surface area contributed by atoms with Crippen LogP contribution in [0.1, 0.15) is 12.0 Å². The topological polar surface area (TPSA) is 29.1 Å². The van der Waals surface area contributed by atoms with Gasteiger partial charge in [-0.2, -0.15) is 0 Å². The second-order valence-electron chi connectivity index (χ2n) is 3.82. The molecule has 2 rings (SSSR count). The van der Waals surface area contributed by atoms with Crippen LogP contribution in [0.2, 0.25) is 0 Å². The molecule has 0 saturated carbocycles. The Bertz CT molecular complexity index is 465. The van der Waals surface area contributed by atoms with Crippen molar-refractivity contribution in [1.82, 2.24) is 0 Å². The zero-order valence-corrected chi connectivity index (χ0v) is 9.52. The van der Waals surface area contributed by atoms with Gasteiger partial charge in [-0.3, -0.25) is 4.79 Å². The fraction of sp³-hybridized carbons (Fsp3) is 0.133. The highest BCUT2D eigenvalue weighted by Gasteiger charge is 2.02. The van der Waals surface area contributed by atoms with E-state index in [1.807, 2.05) is 42.5 Å². The van der Waals surface area contributed by atoms with E-state index in [2.05, 4.69) is 11.4 Å². The van der Waals surface area contributed by atoms with Crippen LogP contribution in [0.4, 0.5) is 5.69 Å². The number of carbonyl (C=O) groups is 1. The van der Waals surface area contributed by atoms with Crippen molar-refractivity contribution in [3.63, 3.8) is 0 Å². The maximum atomic E-state index is 11.7. The minimum absolute atomic E-state index is 0.0417. The van der Waals surface area contributed by atoms with Crippen molar-refractivity contribution in [2.75, 3.05) is 5.32 Å². The molecule has 0 saturated heterocycles. The standard InChI is InChI=1S/C15H14NO/c17-15(16-14-9-5-2-6-10-14)12-11-13-7-3-1-4-8-13/h1,3-10H,11-12H2,(H,16,17). The normalized spacial score (nSPS) is 9.88. The lowest BCUT2D eigenvalue weighted by Gasteiger charge is -2.04. The molecule has 1 amide bonds. The summed E-state index contributed by atoms with van der Waals surface area (Å²) in [5.41, 5.74) is 2.01. The van der Waals surface area contributed by atoms with Gasteiger partial charge < -0.3 is 5.32 Å². The van der Waals surface area contributed by atoms with Crippen molar-refractivity contribution >= 4 is 11.6 Å². The Morgan fingerprint density at radius 3 is 2.47 bits per heavy atom. The van der Waals surface area contributed by atoms with Gasteiger partial charge in [0.2, 0.25) is 5.91 Å². The molecule has 1 N–H and O–H groups in total. The number of hydrogen-bond acceptors (Lipinski definition) is 1. The van der Waals surface area contributed by atoms with Crippen molar-refractivity contribution in [3.8, 4) is 0 Å². The average molecular weight is 224 g/mol. The third kappa shape index (κ3) is 3.76. The van der Waals surface area contributed by atoms with E-state index in [1.54, 1.807) is 12.1 Å². The van der Waals surface area contributed by atoms with E-state index in [4.69, 9.17) is 0 Å². The summed E-state index contributed by atoms with van der Waals surface area (Å²) in [6.07, 6.45) is 1.27. The van der Waals surface area contributed by atoms with Gasteiger partial charge in [0.05, 0.1) is 0 Å². The SMILES string of the molecule is O=C(CCc1ccccc1)Nc1cc[c]cc1. The first-order chi connectivity index (χ1) is 8.34. The summed E-state index contributed by atoms with van der Waals surface area (Å²) in [6.45, 7) is 0. The maximum absolute atomic E-state index is 11.7. The number of hydrogen-bond donors (Lipinski definition) is 1. The van der Waals surface area contributed by atoms with Gasteiger partial charge in [-0.05, 0) is 30.2 Å². The van der Waals surface area contributed by atoms with E-state index in [1.165, 1.54) is 5.56 Å². The molecule has 0 spiro atoms. The third-order valence-electron chi connectivity index (χ3n) is 2.49. The molecule has 0 unspecified atom stereocenters. The molecule has 0 aliphatic rings. The van der Waals surface area contributed by atoms with Crippen LogP contribution < -0.4 is 5.32 Å². The summed E-state index contributed by atoms with van der Waals surface area (Å²) >= 11 is 0.